The quantitative estimate of drug-likeness (QED) is 0.323. The Hall–Kier alpha value is -0.730. The van der Waals surface area contributed by atoms with E-state index in [0.29, 0.717) is 0 Å². The molecule has 0 bridgehead atoms. The monoisotopic (exact) mass is 207 g/mol. The van der Waals surface area contributed by atoms with E-state index in [1.165, 1.54) is 0 Å². The molecule has 1 rings (SSSR count). The maximum atomic E-state index is 10.6. The van der Waals surface area contributed by atoms with Gasteiger partial charge in [0.05, 0.1) is 12.6 Å². The van der Waals surface area contributed by atoms with Crippen LogP contribution in [0.3, 0.4) is 0 Å². The molecule has 7 nitrogen and oxygen atoms in total. The van der Waals surface area contributed by atoms with Crippen LogP contribution in [-0.4, -0.2) is 63.5 Å². The zero-order chi connectivity index (χ0) is 10.9. The van der Waals surface area contributed by atoms with Crippen LogP contribution in [0.5, 0.6) is 0 Å². The molecule has 0 spiro atoms. The van der Waals surface area contributed by atoms with Gasteiger partial charge in [-0.2, -0.15) is 0 Å². The minimum Gasteiger partial charge on any atom is -0.479 e. The summed E-state index contributed by atoms with van der Waals surface area (Å²) in [7, 11) is 0. The van der Waals surface area contributed by atoms with Crippen LogP contribution in [0.1, 0.15) is 0 Å². The van der Waals surface area contributed by atoms with Crippen molar-refractivity contribution >= 4 is 5.97 Å². The molecule has 1 heterocycles. The summed E-state index contributed by atoms with van der Waals surface area (Å²) in [4.78, 5) is 10.6. The molecule has 1 aliphatic heterocycles. The molecular weight excluding hydrogens is 194 g/mol. The van der Waals surface area contributed by atoms with Crippen molar-refractivity contribution in [1.82, 2.24) is 0 Å². The van der Waals surface area contributed by atoms with Gasteiger partial charge in [-0.1, -0.05) is 0 Å². The molecule has 0 aromatic heterocycles. The maximum absolute atomic E-state index is 10.6. The molecule has 0 aromatic rings. The van der Waals surface area contributed by atoms with Crippen LogP contribution >= 0.6 is 0 Å². The first-order valence-electron chi connectivity index (χ1n) is 4.10. The molecule has 1 saturated heterocycles. The van der Waals surface area contributed by atoms with E-state index < -0.39 is 43.0 Å². The number of aliphatic carboxylic acids is 1. The van der Waals surface area contributed by atoms with Gasteiger partial charge < -0.3 is 30.9 Å². The number of aliphatic hydroxyl groups is 3. The Bertz CT molecular complexity index is 220. The highest BCUT2D eigenvalue weighted by Gasteiger charge is 2.45. The molecule has 82 valence electrons. The molecule has 5 atom stereocenters. The lowest BCUT2D eigenvalue weighted by Crippen LogP contribution is -2.63. The van der Waals surface area contributed by atoms with E-state index in [-0.39, 0.29) is 0 Å². The van der Waals surface area contributed by atoms with Crippen molar-refractivity contribution in [3.8, 4) is 0 Å². The lowest BCUT2D eigenvalue weighted by atomic mass is 9.93. The van der Waals surface area contributed by atoms with Crippen molar-refractivity contribution in [2.75, 3.05) is 6.61 Å². The highest BCUT2D eigenvalue weighted by Crippen LogP contribution is 2.19. The fourth-order valence-electron chi connectivity index (χ4n) is 1.36. The Morgan fingerprint density at radius 2 is 1.93 bits per heavy atom. The van der Waals surface area contributed by atoms with Gasteiger partial charge in [-0.25, -0.2) is 4.79 Å². The van der Waals surface area contributed by atoms with Crippen molar-refractivity contribution in [2.45, 2.75) is 30.5 Å². The van der Waals surface area contributed by atoms with Crippen LogP contribution < -0.4 is 5.73 Å². The third kappa shape index (κ3) is 1.86. The second-order valence-electron chi connectivity index (χ2n) is 3.17. The van der Waals surface area contributed by atoms with Crippen LogP contribution in [0, 0.1) is 0 Å². The average molecular weight is 207 g/mol. The van der Waals surface area contributed by atoms with Crippen molar-refractivity contribution in [2.24, 2.45) is 5.73 Å². The number of hydrogen-bond acceptors (Lipinski definition) is 6. The summed E-state index contributed by atoms with van der Waals surface area (Å²) in [5, 5.41) is 36.0. The lowest BCUT2D eigenvalue weighted by molar-refractivity contribution is -0.202. The number of ether oxygens (including phenoxy) is 1. The fourth-order valence-corrected chi connectivity index (χ4v) is 1.36. The SMILES string of the molecule is NC1[C@@H](O)C(O)[C@@H](CO)O[C@H]1C(=O)O. The molecule has 0 amide bonds. The summed E-state index contributed by atoms with van der Waals surface area (Å²) >= 11 is 0. The van der Waals surface area contributed by atoms with Crippen molar-refractivity contribution in [3.63, 3.8) is 0 Å². The van der Waals surface area contributed by atoms with Crippen molar-refractivity contribution in [1.29, 1.82) is 0 Å². The van der Waals surface area contributed by atoms with Gasteiger partial charge >= 0.3 is 5.97 Å². The first kappa shape index (κ1) is 11.3. The summed E-state index contributed by atoms with van der Waals surface area (Å²) in [6, 6.07) is -1.20. The number of nitrogens with two attached hydrogens (primary N) is 1. The van der Waals surface area contributed by atoms with Crippen LogP contribution in [0.25, 0.3) is 0 Å². The largest absolute Gasteiger partial charge is 0.479 e. The summed E-state index contributed by atoms with van der Waals surface area (Å²) < 4.78 is 4.81. The van der Waals surface area contributed by atoms with Crippen molar-refractivity contribution in [3.05, 3.63) is 0 Å². The number of carbonyl (C=O) groups is 1. The van der Waals surface area contributed by atoms with Crippen LogP contribution in [0.2, 0.25) is 0 Å². The number of hydrogen-bond donors (Lipinski definition) is 5. The van der Waals surface area contributed by atoms with Gasteiger partial charge in [0.2, 0.25) is 0 Å². The Morgan fingerprint density at radius 3 is 2.36 bits per heavy atom. The second-order valence-corrected chi connectivity index (χ2v) is 3.17. The van der Waals surface area contributed by atoms with Gasteiger partial charge in [0.1, 0.15) is 18.3 Å². The standard InChI is InChI=1S/C7H13NO6/c8-3-5(11)4(10)2(1-9)14-6(3)7(12)13/h2-6,9-11H,1,8H2,(H,12,13)/t2-,3?,4?,5-,6-/m1/s1. The number of rotatable bonds is 2. The van der Waals surface area contributed by atoms with E-state index in [4.69, 9.17) is 20.7 Å². The zero-order valence-corrected chi connectivity index (χ0v) is 7.28. The predicted molar refractivity (Wildman–Crippen MR) is 43.4 cm³/mol. The van der Waals surface area contributed by atoms with E-state index in [1.807, 2.05) is 0 Å². The fraction of sp³-hybridized carbons (Fsp3) is 0.857. The predicted octanol–water partition coefficient (Wildman–Crippen LogP) is -3.12. The maximum Gasteiger partial charge on any atom is 0.334 e. The summed E-state index contributed by atoms with van der Waals surface area (Å²) in [6.07, 6.45) is -5.32. The smallest absolute Gasteiger partial charge is 0.334 e. The van der Waals surface area contributed by atoms with Gasteiger partial charge in [-0.05, 0) is 0 Å². The van der Waals surface area contributed by atoms with Gasteiger partial charge in [-0.15, -0.1) is 0 Å². The molecule has 7 heteroatoms. The summed E-state index contributed by atoms with van der Waals surface area (Å²) in [5.41, 5.74) is 5.33. The molecule has 2 unspecified atom stereocenters. The minimum atomic E-state index is -1.41. The Labute approximate surface area is 79.7 Å². The van der Waals surface area contributed by atoms with E-state index in [1.54, 1.807) is 0 Å². The lowest BCUT2D eigenvalue weighted by Gasteiger charge is -2.38. The molecule has 0 radical (unpaired) electrons. The normalized spacial score (nSPS) is 43.6. The third-order valence-corrected chi connectivity index (χ3v) is 2.22. The summed E-state index contributed by atoms with van der Waals surface area (Å²) in [5.74, 6) is -1.33. The van der Waals surface area contributed by atoms with Gasteiger partial charge in [-0.3, -0.25) is 0 Å². The van der Waals surface area contributed by atoms with Gasteiger partial charge in [0.15, 0.2) is 6.10 Å². The average Bonchev–Trinajstić information content (AvgIpc) is 2.14. The van der Waals surface area contributed by atoms with E-state index >= 15 is 0 Å². The van der Waals surface area contributed by atoms with Gasteiger partial charge in [0.25, 0.3) is 0 Å². The first-order valence-corrected chi connectivity index (χ1v) is 4.10. The summed E-state index contributed by atoms with van der Waals surface area (Å²) in [6.45, 7) is -0.575. The number of carboxylic acids is 1. The van der Waals surface area contributed by atoms with Gasteiger partial charge in [0, 0.05) is 0 Å². The molecule has 0 saturated carbocycles. The second kappa shape index (κ2) is 4.20. The Morgan fingerprint density at radius 1 is 1.36 bits per heavy atom. The zero-order valence-electron chi connectivity index (χ0n) is 7.28. The van der Waals surface area contributed by atoms with E-state index in [9.17, 15) is 15.0 Å². The molecule has 0 aromatic carbocycles. The third-order valence-electron chi connectivity index (χ3n) is 2.22. The number of aliphatic hydroxyl groups excluding tert-OH is 3. The number of carboxylic acid groups (broad SMARTS) is 1. The van der Waals surface area contributed by atoms with Crippen LogP contribution in [0.4, 0.5) is 0 Å². The minimum absolute atomic E-state index is 0.575. The molecular formula is C7H13NO6. The first-order chi connectivity index (χ1) is 6.49. The molecule has 1 fully saturated rings. The van der Waals surface area contributed by atoms with E-state index in [2.05, 4.69) is 0 Å². The van der Waals surface area contributed by atoms with E-state index in [0.717, 1.165) is 0 Å². The van der Waals surface area contributed by atoms with Crippen LogP contribution in [-0.2, 0) is 9.53 Å². The van der Waals surface area contributed by atoms with Crippen molar-refractivity contribution < 1.29 is 30.0 Å². The molecule has 14 heavy (non-hydrogen) atoms. The van der Waals surface area contributed by atoms with Crippen LogP contribution in [0.15, 0.2) is 0 Å². The molecule has 0 aliphatic carbocycles. The molecule has 6 N–H and O–H groups in total. The Balaban J connectivity index is 2.78. The molecule has 1 aliphatic rings. The topological polar surface area (TPSA) is 133 Å². The Kier molecular flexibility index (Phi) is 3.40. The highest BCUT2D eigenvalue weighted by molar-refractivity contribution is 5.73. The highest BCUT2D eigenvalue weighted by atomic mass is 16.5.